The summed E-state index contributed by atoms with van der Waals surface area (Å²) in [7, 11) is 0. The number of amides is 1. The molecule has 0 aromatic heterocycles. The Labute approximate surface area is 158 Å². The SMILES string of the molecule is Cc1ccccc1NC(=O)C(C)N1CCN(c2cccc([N+](=O)[O-])c2)CC1. The van der Waals surface area contributed by atoms with Crippen molar-refractivity contribution in [2.75, 3.05) is 36.4 Å². The number of hydrogen-bond acceptors (Lipinski definition) is 5. The van der Waals surface area contributed by atoms with Crippen LogP contribution in [0.15, 0.2) is 48.5 Å². The highest BCUT2D eigenvalue weighted by Crippen LogP contribution is 2.23. The molecule has 1 amide bonds. The second-order valence-electron chi connectivity index (χ2n) is 6.78. The molecule has 142 valence electrons. The van der Waals surface area contributed by atoms with E-state index in [1.807, 2.05) is 44.2 Å². The number of para-hydroxylation sites is 1. The molecule has 7 nitrogen and oxygen atoms in total. The molecule has 0 saturated carbocycles. The number of rotatable bonds is 5. The van der Waals surface area contributed by atoms with E-state index < -0.39 is 0 Å². The first kappa shape index (κ1) is 18.8. The maximum atomic E-state index is 12.6. The van der Waals surface area contributed by atoms with Crippen LogP contribution >= 0.6 is 0 Å². The molecule has 1 aliphatic rings. The summed E-state index contributed by atoms with van der Waals surface area (Å²) in [6, 6.07) is 14.2. The molecule has 1 N–H and O–H groups in total. The number of non-ortho nitro benzene ring substituents is 1. The Morgan fingerprint density at radius 1 is 1.11 bits per heavy atom. The molecule has 3 rings (SSSR count). The van der Waals surface area contributed by atoms with Gasteiger partial charge in [-0.2, -0.15) is 0 Å². The van der Waals surface area contributed by atoms with Gasteiger partial charge in [-0.05, 0) is 31.5 Å². The monoisotopic (exact) mass is 368 g/mol. The van der Waals surface area contributed by atoms with Gasteiger partial charge in [-0.3, -0.25) is 19.8 Å². The molecular formula is C20H24N4O3. The smallest absolute Gasteiger partial charge is 0.271 e. The lowest BCUT2D eigenvalue weighted by atomic mass is 10.1. The van der Waals surface area contributed by atoms with Gasteiger partial charge in [-0.1, -0.05) is 24.3 Å². The topological polar surface area (TPSA) is 78.7 Å². The van der Waals surface area contributed by atoms with Crippen LogP contribution in [0.5, 0.6) is 0 Å². The molecule has 1 heterocycles. The summed E-state index contributed by atoms with van der Waals surface area (Å²) in [5.41, 5.74) is 2.82. The molecular weight excluding hydrogens is 344 g/mol. The van der Waals surface area contributed by atoms with Gasteiger partial charge in [0.2, 0.25) is 5.91 Å². The minimum absolute atomic E-state index is 0.0203. The minimum Gasteiger partial charge on any atom is -0.369 e. The van der Waals surface area contributed by atoms with Gasteiger partial charge in [0.15, 0.2) is 0 Å². The third kappa shape index (κ3) is 4.43. The first-order chi connectivity index (χ1) is 13.0. The average Bonchev–Trinajstić information content (AvgIpc) is 2.69. The number of hydrogen-bond donors (Lipinski definition) is 1. The summed E-state index contributed by atoms with van der Waals surface area (Å²) in [6.07, 6.45) is 0. The van der Waals surface area contributed by atoms with E-state index >= 15 is 0 Å². The molecule has 0 bridgehead atoms. The van der Waals surface area contributed by atoms with Gasteiger partial charge in [0.05, 0.1) is 11.0 Å². The van der Waals surface area contributed by atoms with Crippen LogP contribution in [-0.4, -0.2) is 48.0 Å². The Kier molecular flexibility index (Phi) is 5.71. The van der Waals surface area contributed by atoms with Crippen molar-refractivity contribution in [3.8, 4) is 0 Å². The first-order valence-corrected chi connectivity index (χ1v) is 9.05. The third-order valence-electron chi connectivity index (χ3n) is 5.05. The van der Waals surface area contributed by atoms with Crippen LogP contribution in [0.25, 0.3) is 0 Å². The van der Waals surface area contributed by atoms with E-state index in [-0.39, 0.29) is 22.6 Å². The molecule has 2 aromatic rings. The van der Waals surface area contributed by atoms with Gasteiger partial charge in [-0.15, -0.1) is 0 Å². The molecule has 0 spiro atoms. The first-order valence-electron chi connectivity index (χ1n) is 9.05. The second kappa shape index (κ2) is 8.18. The van der Waals surface area contributed by atoms with Crippen LogP contribution < -0.4 is 10.2 Å². The van der Waals surface area contributed by atoms with Gasteiger partial charge < -0.3 is 10.2 Å². The van der Waals surface area contributed by atoms with E-state index in [1.54, 1.807) is 12.1 Å². The molecule has 2 aromatic carbocycles. The number of nitro benzene ring substituents is 1. The fourth-order valence-corrected chi connectivity index (χ4v) is 3.29. The molecule has 7 heteroatoms. The molecule has 0 aliphatic carbocycles. The number of nitrogens with one attached hydrogen (secondary N) is 1. The Balaban J connectivity index is 1.58. The van der Waals surface area contributed by atoms with E-state index in [9.17, 15) is 14.9 Å². The molecule has 27 heavy (non-hydrogen) atoms. The molecule has 0 radical (unpaired) electrons. The zero-order chi connectivity index (χ0) is 19.4. The zero-order valence-electron chi connectivity index (χ0n) is 15.6. The maximum absolute atomic E-state index is 12.6. The highest BCUT2D eigenvalue weighted by atomic mass is 16.6. The van der Waals surface area contributed by atoms with Crippen molar-refractivity contribution in [2.45, 2.75) is 19.9 Å². The predicted octanol–water partition coefficient (Wildman–Crippen LogP) is 3.05. The highest BCUT2D eigenvalue weighted by molar-refractivity contribution is 5.95. The third-order valence-corrected chi connectivity index (χ3v) is 5.05. The molecule has 1 aliphatic heterocycles. The molecule has 1 atom stereocenters. The van der Waals surface area contributed by atoms with Crippen LogP contribution in [0.4, 0.5) is 17.1 Å². The van der Waals surface area contributed by atoms with E-state index in [1.165, 1.54) is 6.07 Å². The second-order valence-corrected chi connectivity index (χ2v) is 6.78. The van der Waals surface area contributed by atoms with Crippen LogP contribution in [0, 0.1) is 17.0 Å². The normalized spacial score (nSPS) is 16.0. The van der Waals surface area contributed by atoms with Gasteiger partial charge in [0, 0.05) is 49.7 Å². The molecule has 1 saturated heterocycles. The van der Waals surface area contributed by atoms with Crippen LogP contribution in [0.2, 0.25) is 0 Å². The van der Waals surface area contributed by atoms with Crippen LogP contribution in [0.1, 0.15) is 12.5 Å². The van der Waals surface area contributed by atoms with Crippen LogP contribution in [0.3, 0.4) is 0 Å². The fourth-order valence-electron chi connectivity index (χ4n) is 3.29. The zero-order valence-corrected chi connectivity index (χ0v) is 15.6. The Bertz CT molecular complexity index is 831. The van der Waals surface area contributed by atoms with E-state index in [4.69, 9.17) is 0 Å². The van der Waals surface area contributed by atoms with Crippen molar-refractivity contribution in [2.24, 2.45) is 0 Å². The number of carbonyl (C=O) groups excluding carboxylic acids is 1. The van der Waals surface area contributed by atoms with Crippen molar-refractivity contribution >= 4 is 23.0 Å². The lowest BCUT2D eigenvalue weighted by Crippen LogP contribution is -2.52. The number of nitro groups is 1. The molecule has 1 fully saturated rings. The van der Waals surface area contributed by atoms with Crippen molar-refractivity contribution in [3.63, 3.8) is 0 Å². The highest BCUT2D eigenvalue weighted by Gasteiger charge is 2.26. The van der Waals surface area contributed by atoms with Crippen molar-refractivity contribution in [1.82, 2.24) is 4.90 Å². The summed E-state index contributed by atoms with van der Waals surface area (Å²) in [5, 5.41) is 14.0. The molecule has 1 unspecified atom stereocenters. The summed E-state index contributed by atoms with van der Waals surface area (Å²) in [5.74, 6) is -0.0203. The van der Waals surface area contributed by atoms with E-state index in [0.29, 0.717) is 0 Å². The average molecular weight is 368 g/mol. The number of piperazine rings is 1. The van der Waals surface area contributed by atoms with Crippen molar-refractivity contribution in [3.05, 3.63) is 64.2 Å². The lowest BCUT2D eigenvalue weighted by molar-refractivity contribution is -0.384. The predicted molar refractivity (Wildman–Crippen MR) is 106 cm³/mol. The quantitative estimate of drug-likeness (QED) is 0.648. The van der Waals surface area contributed by atoms with E-state index in [0.717, 1.165) is 43.1 Å². The minimum atomic E-state index is -0.377. The summed E-state index contributed by atoms with van der Waals surface area (Å²) < 4.78 is 0. The number of benzene rings is 2. The van der Waals surface area contributed by atoms with Gasteiger partial charge in [-0.25, -0.2) is 0 Å². The number of nitrogens with zero attached hydrogens (tertiary/aromatic N) is 3. The summed E-state index contributed by atoms with van der Waals surface area (Å²) in [6.45, 7) is 6.79. The summed E-state index contributed by atoms with van der Waals surface area (Å²) >= 11 is 0. The summed E-state index contributed by atoms with van der Waals surface area (Å²) in [4.78, 5) is 27.4. The van der Waals surface area contributed by atoms with Crippen molar-refractivity contribution < 1.29 is 9.72 Å². The van der Waals surface area contributed by atoms with Gasteiger partial charge in [0.1, 0.15) is 0 Å². The standard InChI is InChI=1S/C20H24N4O3/c1-15-6-3-4-9-19(15)21-20(25)16(2)22-10-12-23(13-11-22)17-7-5-8-18(14-17)24(26)27/h3-9,14,16H,10-13H2,1-2H3,(H,21,25). The maximum Gasteiger partial charge on any atom is 0.271 e. The number of anilines is 2. The Morgan fingerprint density at radius 3 is 2.48 bits per heavy atom. The van der Waals surface area contributed by atoms with Crippen LogP contribution in [-0.2, 0) is 4.79 Å². The number of aryl methyl sites for hydroxylation is 1. The number of carbonyl (C=O) groups is 1. The van der Waals surface area contributed by atoms with Crippen molar-refractivity contribution in [1.29, 1.82) is 0 Å². The largest absolute Gasteiger partial charge is 0.369 e. The fraction of sp³-hybridized carbons (Fsp3) is 0.350. The Hall–Kier alpha value is -2.93. The lowest BCUT2D eigenvalue weighted by Gasteiger charge is -2.38. The van der Waals surface area contributed by atoms with Gasteiger partial charge in [0.25, 0.3) is 5.69 Å². The Morgan fingerprint density at radius 2 is 1.81 bits per heavy atom. The van der Waals surface area contributed by atoms with E-state index in [2.05, 4.69) is 15.1 Å². The van der Waals surface area contributed by atoms with Gasteiger partial charge >= 0.3 is 0 Å².